The molecule has 0 fully saturated rings. The minimum atomic E-state index is -5.08. The molecule has 0 spiro atoms. The van der Waals surface area contributed by atoms with Gasteiger partial charge in [0.05, 0.1) is 11.2 Å². The van der Waals surface area contributed by atoms with Gasteiger partial charge >= 0.3 is 12.1 Å². The predicted molar refractivity (Wildman–Crippen MR) is 153 cm³/mol. The molecule has 1 atom stereocenters. The number of carboxylic acid groups (broad SMARTS) is 1. The van der Waals surface area contributed by atoms with Crippen molar-refractivity contribution in [3.8, 4) is 11.1 Å². The Bertz CT molecular complexity index is 1730. The van der Waals surface area contributed by atoms with Gasteiger partial charge in [0.15, 0.2) is 0 Å². The molecule has 17 heteroatoms. The van der Waals surface area contributed by atoms with Crippen LogP contribution in [0.2, 0.25) is 0 Å². The maximum atomic E-state index is 13.0. The number of alkyl halides is 3. The Balaban J connectivity index is 0.000000821. The Morgan fingerprint density at radius 2 is 1.58 bits per heavy atom. The van der Waals surface area contributed by atoms with E-state index in [1.54, 1.807) is 60.7 Å². The highest BCUT2D eigenvalue weighted by Crippen LogP contribution is 2.29. The molecule has 3 aromatic rings. The number of carbonyl (C=O) groups is 2. The summed E-state index contributed by atoms with van der Waals surface area (Å²) in [6.07, 6.45) is -4.10. The van der Waals surface area contributed by atoms with Crippen molar-refractivity contribution in [2.45, 2.75) is 30.5 Å². The fourth-order valence-electron chi connectivity index (χ4n) is 3.63. The molecule has 0 saturated heterocycles. The van der Waals surface area contributed by atoms with Gasteiger partial charge in [-0.15, -0.1) is 0 Å². The van der Waals surface area contributed by atoms with Gasteiger partial charge in [0, 0.05) is 16.8 Å². The van der Waals surface area contributed by atoms with Gasteiger partial charge in [-0.3, -0.25) is 10.2 Å². The number of rotatable bonds is 9. The van der Waals surface area contributed by atoms with E-state index in [4.69, 9.17) is 26.2 Å². The van der Waals surface area contributed by atoms with Gasteiger partial charge < -0.3 is 16.2 Å². The summed E-state index contributed by atoms with van der Waals surface area (Å²) < 4.78 is 81.9. The number of anilines is 1. The third-order valence-electron chi connectivity index (χ3n) is 5.50. The molecule has 0 aliphatic carbocycles. The van der Waals surface area contributed by atoms with E-state index in [1.165, 1.54) is 6.07 Å². The molecule has 0 unspecified atom stereocenters. The topological polar surface area (TPSA) is 223 Å². The van der Waals surface area contributed by atoms with Crippen LogP contribution in [0.1, 0.15) is 16.7 Å². The van der Waals surface area contributed by atoms with Crippen molar-refractivity contribution in [3.63, 3.8) is 0 Å². The molecule has 0 aliphatic heterocycles. The summed E-state index contributed by atoms with van der Waals surface area (Å²) in [4.78, 5) is 21.9. The molecule has 3 aromatic carbocycles. The smallest absolute Gasteiger partial charge is 0.475 e. The normalized spacial score (nSPS) is 12.4. The Hall–Kier alpha value is -4.32. The largest absolute Gasteiger partial charge is 0.490 e. The Morgan fingerprint density at radius 1 is 1.00 bits per heavy atom. The minimum absolute atomic E-state index is 0.0184. The van der Waals surface area contributed by atoms with E-state index in [2.05, 4.69) is 10.0 Å². The zero-order chi connectivity index (χ0) is 32.8. The van der Waals surface area contributed by atoms with Crippen LogP contribution < -0.4 is 20.9 Å². The number of hydrogen-bond acceptors (Lipinski definition) is 7. The first kappa shape index (κ1) is 34.9. The van der Waals surface area contributed by atoms with Crippen LogP contribution in [0.25, 0.3) is 11.1 Å². The highest BCUT2D eigenvalue weighted by Gasteiger charge is 2.38. The highest BCUT2D eigenvalue weighted by atomic mass is 32.2. The number of aliphatic carboxylic acids is 1. The van der Waals surface area contributed by atoms with E-state index in [9.17, 15) is 34.8 Å². The van der Waals surface area contributed by atoms with Gasteiger partial charge in [0.2, 0.25) is 26.0 Å². The lowest BCUT2D eigenvalue weighted by molar-refractivity contribution is -0.192. The summed E-state index contributed by atoms with van der Waals surface area (Å²) in [6.45, 7) is 1.83. The maximum Gasteiger partial charge on any atom is 0.490 e. The number of carboxylic acids is 1. The molecular formula is C26H28F3N5O7S2. The van der Waals surface area contributed by atoms with Crippen molar-refractivity contribution < 1.29 is 44.7 Å². The average molecular weight is 644 g/mol. The van der Waals surface area contributed by atoms with E-state index in [0.717, 1.165) is 11.8 Å². The quantitative estimate of drug-likeness (QED) is 0.150. The summed E-state index contributed by atoms with van der Waals surface area (Å²) in [5.74, 6) is -3.50. The number of sulfonamides is 2. The lowest BCUT2D eigenvalue weighted by Gasteiger charge is -2.18. The summed E-state index contributed by atoms with van der Waals surface area (Å²) in [6, 6.07) is 16.7. The van der Waals surface area contributed by atoms with Gasteiger partial charge in [0.25, 0.3) is 0 Å². The molecule has 12 nitrogen and oxygen atoms in total. The molecule has 0 bridgehead atoms. The van der Waals surface area contributed by atoms with Crippen molar-refractivity contribution in [1.29, 1.82) is 5.41 Å². The third kappa shape index (κ3) is 11.1. The number of nitrogen functional groups attached to an aromatic ring is 1. The fraction of sp³-hybridized carbons (Fsp3) is 0.192. The number of halogens is 3. The van der Waals surface area contributed by atoms with E-state index in [0.29, 0.717) is 27.9 Å². The Morgan fingerprint density at radius 3 is 2.07 bits per heavy atom. The van der Waals surface area contributed by atoms with Gasteiger partial charge in [-0.1, -0.05) is 48.0 Å². The van der Waals surface area contributed by atoms with Crippen LogP contribution in [0.3, 0.4) is 0 Å². The lowest BCUT2D eigenvalue weighted by atomic mass is 10.0. The summed E-state index contributed by atoms with van der Waals surface area (Å²) in [5.41, 5.74) is 8.83. The molecule has 0 saturated carbocycles. The standard InChI is InChI=1S/C24H27N5O5S2.C2HF3O2/c1-15-6-11-22(36(27,33)34)20(12-15)17-7-9-19(10-8-17)28-24(30)21(29-35(2,31)32)14-16-4-3-5-18(13-16)23(25)26;3-2(4,5)1(6)7/h3-13,21,29H,14H2,1-2H3,(H3,25,26)(H,28,30)(H2,27,33,34);(H,6,7)/t21-;/m0./s1. The Labute approximate surface area is 245 Å². The third-order valence-corrected chi connectivity index (χ3v) is 7.18. The van der Waals surface area contributed by atoms with E-state index < -0.39 is 44.1 Å². The summed E-state index contributed by atoms with van der Waals surface area (Å²) >= 11 is 0. The molecule has 232 valence electrons. The van der Waals surface area contributed by atoms with Crippen LogP contribution in [0.4, 0.5) is 18.9 Å². The SMILES string of the molecule is Cc1ccc(S(N)(=O)=O)c(-c2ccc(NC(=O)[C@H](Cc3cccc(C(=N)N)c3)NS(C)(=O)=O)cc2)c1.O=C(O)C(F)(F)F. The monoisotopic (exact) mass is 643 g/mol. The predicted octanol–water partition coefficient (Wildman–Crippen LogP) is 2.33. The summed E-state index contributed by atoms with van der Waals surface area (Å²) in [5, 5.41) is 22.7. The zero-order valence-corrected chi connectivity index (χ0v) is 24.3. The maximum absolute atomic E-state index is 13.0. The summed E-state index contributed by atoms with van der Waals surface area (Å²) in [7, 11) is -7.67. The lowest BCUT2D eigenvalue weighted by Crippen LogP contribution is -2.44. The van der Waals surface area contributed by atoms with Gasteiger partial charge in [0.1, 0.15) is 11.9 Å². The van der Waals surface area contributed by atoms with Crippen LogP contribution in [-0.4, -0.2) is 58.1 Å². The van der Waals surface area contributed by atoms with Crippen LogP contribution in [-0.2, 0) is 36.1 Å². The second kappa shape index (κ2) is 13.8. The van der Waals surface area contributed by atoms with Crippen molar-refractivity contribution >= 4 is 43.4 Å². The van der Waals surface area contributed by atoms with Gasteiger partial charge in [-0.05, 0) is 48.7 Å². The van der Waals surface area contributed by atoms with Gasteiger partial charge in [-0.2, -0.15) is 13.2 Å². The molecule has 43 heavy (non-hydrogen) atoms. The van der Waals surface area contributed by atoms with Crippen molar-refractivity contribution in [3.05, 3.63) is 83.4 Å². The molecule has 3 rings (SSSR count). The average Bonchev–Trinajstić information content (AvgIpc) is 2.87. The van der Waals surface area contributed by atoms with Gasteiger partial charge in [-0.25, -0.2) is 31.5 Å². The molecule has 0 radical (unpaired) electrons. The van der Waals surface area contributed by atoms with E-state index in [-0.39, 0.29) is 17.2 Å². The molecule has 8 N–H and O–H groups in total. The first-order chi connectivity index (χ1) is 19.7. The number of amidine groups is 1. The number of aryl methyl sites for hydroxylation is 1. The zero-order valence-electron chi connectivity index (χ0n) is 22.6. The van der Waals surface area contributed by atoms with Crippen molar-refractivity contribution in [1.82, 2.24) is 4.72 Å². The van der Waals surface area contributed by atoms with Crippen LogP contribution >= 0.6 is 0 Å². The molecule has 0 heterocycles. The number of hydrogen-bond donors (Lipinski definition) is 6. The number of benzene rings is 3. The van der Waals surface area contributed by atoms with Crippen LogP contribution in [0.15, 0.2) is 71.6 Å². The molecular weight excluding hydrogens is 615 g/mol. The van der Waals surface area contributed by atoms with Crippen LogP contribution in [0.5, 0.6) is 0 Å². The first-order valence-corrected chi connectivity index (χ1v) is 15.4. The first-order valence-electron chi connectivity index (χ1n) is 11.9. The van der Waals surface area contributed by atoms with Crippen molar-refractivity contribution in [2.75, 3.05) is 11.6 Å². The van der Waals surface area contributed by atoms with Crippen LogP contribution in [0, 0.1) is 12.3 Å². The minimum Gasteiger partial charge on any atom is -0.475 e. The molecule has 0 aromatic heterocycles. The number of primary sulfonamides is 1. The van der Waals surface area contributed by atoms with Crippen molar-refractivity contribution in [2.24, 2.45) is 10.9 Å². The molecule has 0 aliphatic rings. The second-order valence-electron chi connectivity index (χ2n) is 9.17. The van der Waals surface area contributed by atoms with E-state index in [1.807, 2.05) is 6.92 Å². The number of nitrogens with two attached hydrogens (primary N) is 2. The Kier molecular flexibility index (Phi) is 11.2. The van der Waals surface area contributed by atoms with E-state index >= 15 is 0 Å². The second-order valence-corrected chi connectivity index (χ2v) is 12.5. The highest BCUT2D eigenvalue weighted by molar-refractivity contribution is 7.89. The molecule has 1 amide bonds. The fourth-order valence-corrected chi connectivity index (χ4v) is 5.08. The number of nitrogens with one attached hydrogen (secondary N) is 3. The number of amides is 1. The number of carbonyl (C=O) groups excluding carboxylic acids is 1.